The Morgan fingerprint density at radius 2 is 1.57 bits per heavy atom. The van der Waals surface area contributed by atoms with Gasteiger partial charge in [-0.2, -0.15) is 0 Å². The first-order valence-corrected chi connectivity index (χ1v) is 9.35. The molecule has 0 atom stereocenters. The lowest BCUT2D eigenvalue weighted by Crippen LogP contribution is -2.42. The summed E-state index contributed by atoms with van der Waals surface area (Å²) in [6.07, 6.45) is 14.3. The maximum absolute atomic E-state index is 12.4. The molecular formula is C18H32N2O. The minimum Gasteiger partial charge on any atom is -0.343 e. The SMILES string of the molecule is O=C(CCN(CC1CC1)C1CCCCC1)N1CCCCC1. The van der Waals surface area contributed by atoms with E-state index in [0.29, 0.717) is 5.91 Å². The molecule has 1 amide bonds. The molecule has 120 valence electrons. The maximum Gasteiger partial charge on any atom is 0.223 e. The molecule has 3 rings (SSSR count). The fourth-order valence-electron chi connectivity index (χ4n) is 4.04. The fraction of sp³-hybridized carbons (Fsp3) is 0.944. The average Bonchev–Trinajstić information content (AvgIpc) is 3.37. The maximum atomic E-state index is 12.4. The van der Waals surface area contributed by atoms with Gasteiger partial charge >= 0.3 is 0 Å². The summed E-state index contributed by atoms with van der Waals surface area (Å²) in [7, 11) is 0. The molecule has 1 saturated heterocycles. The molecule has 0 bridgehead atoms. The van der Waals surface area contributed by atoms with Gasteiger partial charge in [-0.05, 0) is 50.9 Å². The summed E-state index contributed by atoms with van der Waals surface area (Å²) in [5, 5.41) is 0. The summed E-state index contributed by atoms with van der Waals surface area (Å²) >= 11 is 0. The van der Waals surface area contributed by atoms with E-state index in [4.69, 9.17) is 0 Å². The summed E-state index contributed by atoms with van der Waals surface area (Å²) in [6, 6.07) is 0.772. The van der Waals surface area contributed by atoms with Crippen LogP contribution in [0.5, 0.6) is 0 Å². The van der Waals surface area contributed by atoms with Crippen molar-refractivity contribution in [2.24, 2.45) is 5.92 Å². The van der Waals surface area contributed by atoms with Crippen LogP contribution in [-0.2, 0) is 4.79 Å². The van der Waals surface area contributed by atoms with Crippen molar-refractivity contribution in [2.45, 2.75) is 76.7 Å². The van der Waals surface area contributed by atoms with Crippen LogP contribution in [0.2, 0.25) is 0 Å². The Morgan fingerprint density at radius 1 is 0.905 bits per heavy atom. The largest absolute Gasteiger partial charge is 0.343 e. The zero-order valence-corrected chi connectivity index (χ0v) is 13.6. The molecule has 0 aromatic rings. The molecular weight excluding hydrogens is 260 g/mol. The zero-order valence-electron chi connectivity index (χ0n) is 13.6. The van der Waals surface area contributed by atoms with E-state index in [1.807, 2.05) is 0 Å². The van der Waals surface area contributed by atoms with E-state index >= 15 is 0 Å². The topological polar surface area (TPSA) is 23.6 Å². The van der Waals surface area contributed by atoms with Crippen LogP contribution in [0.1, 0.15) is 70.6 Å². The number of carbonyl (C=O) groups excluding carboxylic acids is 1. The molecule has 2 aliphatic carbocycles. The van der Waals surface area contributed by atoms with Gasteiger partial charge in [-0.1, -0.05) is 19.3 Å². The van der Waals surface area contributed by atoms with Crippen molar-refractivity contribution in [1.82, 2.24) is 9.80 Å². The first-order valence-electron chi connectivity index (χ1n) is 9.35. The van der Waals surface area contributed by atoms with Crippen LogP contribution in [-0.4, -0.2) is 47.9 Å². The zero-order chi connectivity index (χ0) is 14.5. The van der Waals surface area contributed by atoms with Gasteiger partial charge in [-0.25, -0.2) is 0 Å². The van der Waals surface area contributed by atoms with Crippen LogP contribution in [0, 0.1) is 5.92 Å². The molecule has 1 aliphatic heterocycles. The number of likely N-dealkylation sites (tertiary alicyclic amines) is 1. The predicted molar refractivity (Wildman–Crippen MR) is 86.2 cm³/mol. The molecule has 3 fully saturated rings. The minimum atomic E-state index is 0.409. The lowest BCUT2D eigenvalue weighted by Gasteiger charge is -2.35. The first-order chi connectivity index (χ1) is 10.3. The number of nitrogens with zero attached hydrogens (tertiary/aromatic N) is 2. The smallest absolute Gasteiger partial charge is 0.223 e. The van der Waals surface area contributed by atoms with Crippen LogP contribution in [0.3, 0.4) is 0 Å². The number of rotatable bonds is 6. The van der Waals surface area contributed by atoms with Crippen molar-refractivity contribution in [2.75, 3.05) is 26.2 Å². The highest BCUT2D eigenvalue weighted by Gasteiger charge is 2.29. The van der Waals surface area contributed by atoms with Gasteiger partial charge in [0.2, 0.25) is 5.91 Å². The van der Waals surface area contributed by atoms with E-state index in [1.54, 1.807) is 0 Å². The molecule has 3 aliphatic rings. The van der Waals surface area contributed by atoms with Crippen LogP contribution in [0.15, 0.2) is 0 Å². The Morgan fingerprint density at radius 3 is 2.24 bits per heavy atom. The van der Waals surface area contributed by atoms with Crippen LogP contribution in [0.25, 0.3) is 0 Å². The number of hydrogen-bond acceptors (Lipinski definition) is 2. The van der Waals surface area contributed by atoms with Crippen LogP contribution in [0.4, 0.5) is 0 Å². The Kier molecular flexibility index (Phi) is 5.56. The van der Waals surface area contributed by atoms with Crippen molar-refractivity contribution >= 4 is 5.91 Å². The minimum absolute atomic E-state index is 0.409. The third-order valence-electron chi connectivity index (χ3n) is 5.60. The molecule has 21 heavy (non-hydrogen) atoms. The second kappa shape index (κ2) is 7.62. The third kappa shape index (κ3) is 4.70. The summed E-state index contributed by atoms with van der Waals surface area (Å²) < 4.78 is 0. The van der Waals surface area contributed by atoms with Crippen LogP contribution >= 0.6 is 0 Å². The Hall–Kier alpha value is -0.570. The Bertz CT molecular complexity index is 328. The second-order valence-corrected chi connectivity index (χ2v) is 7.42. The van der Waals surface area contributed by atoms with E-state index in [0.717, 1.165) is 38.0 Å². The van der Waals surface area contributed by atoms with Crippen molar-refractivity contribution < 1.29 is 4.79 Å². The van der Waals surface area contributed by atoms with Gasteiger partial charge in [0.15, 0.2) is 0 Å². The molecule has 0 spiro atoms. The highest BCUT2D eigenvalue weighted by molar-refractivity contribution is 5.76. The van der Waals surface area contributed by atoms with Gasteiger partial charge < -0.3 is 4.90 Å². The molecule has 3 heteroatoms. The van der Waals surface area contributed by atoms with E-state index in [2.05, 4.69) is 9.80 Å². The Balaban J connectivity index is 1.47. The number of piperidine rings is 1. The molecule has 0 N–H and O–H groups in total. The molecule has 0 unspecified atom stereocenters. The van der Waals surface area contributed by atoms with E-state index in [9.17, 15) is 4.79 Å². The second-order valence-electron chi connectivity index (χ2n) is 7.42. The molecule has 3 nitrogen and oxygen atoms in total. The monoisotopic (exact) mass is 292 g/mol. The molecule has 0 radical (unpaired) electrons. The predicted octanol–water partition coefficient (Wildman–Crippen LogP) is 3.43. The molecule has 2 saturated carbocycles. The fourth-order valence-corrected chi connectivity index (χ4v) is 4.04. The Labute approximate surface area is 130 Å². The average molecular weight is 292 g/mol. The highest BCUT2D eigenvalue weighted by Crippen LogP contribution is 2.32. The highest BCUT2D eigenvalue weighted by atomic mass is 16.2. The summed E-state index contributed by atoms with van der Waals surface area (Å²) in [4.78, 5) is 17.2. The molecule has 1 heterocycles. The van der Waals surface area contributed by atoms with Crippen molar-refractivity contribution in [3.63, 3.8) is 0 Å². The van der Waals surface area contributed by atoms with Crippen molar-refractivity contribution in [3.05, 3.63) is 0 Å². The molecule has 0 aromatic carbocycles. The lowest BCUT2D eigenvalue weighted by molar-refractivity contribution is -0.132. The van der Waals surface area contributed by atoms with Gasteiger partial charge in [-0.15, -0.1) is 0 Å². The van der Waals surface area contributed by atoms with E-state index in [1.165, 1.54) is 70.8 Å². The van der Waals surface area contributed by atoms with Crippen LogP contribution < -0.4 is 0 Å². The van der Waals surface area contributed by atoms with Crippen molar-refractivity contribution in [3.8, 4) is 0 Å². The standard InChI is InChI=1S/C18H32N2O/c21-18(19-12-5-2-6-13-19)11-14-20(15-16-9-10-16)17-7-3-1-4-8-17/h16-17H,1-15H2. The van der Waals surface area contributed by atoms with Crippen molar-refractivity contribution in [1.29, 1.82) is 0 Å². The van der Waals surface area contributed by atoms with Gasteiger partial charge in [0, 0.05) is 38.6 Å². The third-order valence-corrected chi connectivity index (χ3v) is 5.60. The number of hydrogen-bond donors (Lipinski definition) is 0. The summed E-state index contributed by atoms with van der Waals surface area (Å²) in [6.45, 7) is 4.28. The number of amides is 1. The summed E-state index contributed by atoms with van der Waals surface area (Å²) in [5.74, 6) is 1.35. The van der Waals surface area contributed by atoms with Gasteiger partial charge in [0.25, 0.3) is 0 Å². The summed E-state index contributed by atoms with van der Waals surface area (Å²) in [5.41, 5.74) is 0. The van der Waals surface area contributed by atoms with Gasteiger partial charge in [0.1, 0.15) is 0 Å². The lowest BCUT2D eigenvalue weighted by atomic mass is 9.94. The van der Waals surface area contributed by atoms with Gasteiger partial charge in [0.05, 0.1) is 0 Å². The van der Waals surface area contributed by atoms with E-state index < -0.39 is 0 Å². The molecule has 0 aromatic heterocycles. The van der Waals surface area contributed by atoms with E-state index in [-0.39, 0.29) is 0 Å². The number of carbonyl (C=O) groups is 1. The first kappa shape index (κ1) is 15.3. The normalized spacial score (nSPS) is 24.5. The van der Waals surface area contributed by atoms with Gasteiger partial charge in [-0.3, -0.25) is 9.69 Å². The quantitative estimate of drug-likeness (QED) is 0.749.